The smallest absolute Gasteiger partial charge is 0.230 e. The third-order valence-electron chi connectivity index (χ3n) is 2.68. The lowest BCUT2D eigenvalue weighted by Crippen LogP contribution is -2.15. The molecule has 2 rings (SSSR count). The molecule has 2 N–H and O–H groups in total. The molecule has 0 aliphatic carbocycles. The van der Waals surface area contributed by atoms with Crippen LogP contribution in [0.15, 0.2) is 29.6 Å². The first-order valence-electron chi connectivity index (χ1n) is 6.66. The highest BCUT2D eigenvalue weighted by Crippen LogP contribution is 2.16. The van der Waals surface area contributed by atoms with Crippen LogP contribution in [-0.4, -0.2) is 23.9 Å². The van der Waals surface area contributed by atoms with Crippen molar-refractivity contribution in [2.45, 2.75) is 20.0 Å². The minimum Gasteiger partial charge on any atom is -0.378 e. The molecule has 6 nitrogen and oxygen atoms in total. The second-order valence-electron chi connectivity index (χ2n) is 4.65. The summed E-state index contributed by atoms with van der Waals surface area (Å²) in [5.41, 5.74) is 1.98. The third kappa shape index (κ3) is 4.94. The number of nitrogens with zero attached hydrogens (tertiary/aromatic N) is 1. The van der Waals surface area contributed by atoms with E-state index < -0.39 is 0 Å². The van der Waals surface area contributed by atoms with Crippen molar-refractivity contribution in [2.75, 3.05) is 17.7 Å². The summed E-state index contributed by atoms with van der Waals surface area (Å²) in [5, 5.41) is 8.15. The van der Waals surface area contributed by atoms with E-state index in [-0.39, 0.29) is 18.2 Å². The Kier molecular flexibility index (Phi) is 5.62. The van der Waals surface area contributed by atoms with Gasteiger partial charge in [-0.1, -0.05) is 6.07 Å². The summed E-state index contributed by atoms with van der Waals surface area (Å²) in [5.74, 6) is -0.314. The lowest BCUT2D eigenvalue weighted by molar-refractivity contribution is -0.116. The first kappa shape index (κ1) is 16.1. The monoisotopic (exact) mass is 319 g/mol. The van der Waals surface area contributed by atoms with Crippen molar-refractivity contribution in [3.63, 3.8) is 0 Å². The SMILES string of the molecule is COCc1nc(CC(=O)Nc2cccc(NC(C)=O)c2)cs1. The largest absolute Gasteiger partial charge is 0.378 e. The number of hydrogen-bond donors (Lipinski definition) is 2. The molecule has 116 valence electrons. The third-order valence-corrected chi connectivity index (χ3v) is 3.55. The molecule has 0 saturated heterocycles. The van der Waals surface area contributed by atoms with Crippen LogP contribution in [0, 0.1) is 0 Å². The van der Waals surface area contributed by atoms with Gasteiger partial charge in [0.05, 0.1) is 18.7 Å². The predicted octanol–water partition coefficient (Wildman–Crippen LogP) is 2.43. The highest BCUT2D eigenvalue weighted by atomic mass is 32.1. The number of ether oxygens (including phenoxy) is 1. The van der Waals surface area contributed by atoms with Gasteiger partial charge in [0.2, 0.25) is 11.8 Å². The van der Waals surface area contributed by atoms with Crippen LogP contribution in [0.5, 0.6) is 0 Å². The van der Waals surface area contributed by atoms with Gasteiger partial charge in [-0.3, -0.25) is 9.59 Å². The number of anilines is 2. The Morgan fingerprint density at radius 2 is 2.00 bits per heavy atom. The van der Waals surface area contributed by atoms with Gasteiger partial charge in [0, 0.05) is 30.8 Å². The zero-order valence-electron chi connectivity index (χ0n) is 12.4. The van der Waals surface area contributed by atoms with Crippen LogP contribution >= 0.6 is 11.3 Å². The van der Waals surface area contributed by atoms with Gasteiger partial charge in [-0.15, -0.1) is 11.3 Å². The van der Waals surface area contributed by atoms with Crippen molar-refractivity contribution in [1.29, 1.82) is 0 Å². The molecule has 0 aliphatic heterocycles. The molecule has 22 heavy (non-hydrogen) atoms. The van der Waals surface area contributed by atoms with Crippen LogP contribution < -0.4 is 10.6 Å². The second kappa shape index (κ2) is 7.67. The maximum absolute atomic E-state index is 12.0. The fourth-order valence-electron chi connectivity index (χ4n) is 1.87. The average Bonchev–Trinajstić information content (AvgIpc) is 2.86. The Morgan fingerprint density at radius 3 is 2.68 bits per heavy atom. The zero-order valence-corrected chi connectivity index (χ0v) is 13.2. The van der Waals surface area contributed by atoms with Gasteiger partial charge >= 0.3 is 0 Å². The first-order chi connectivity index (χ1) is 10.6. The number of rotatable bonds is 6. The topological polar surface area (TPSA) is 80.3 Å². The van der Waals surface area contributed by atoms with Gasteiger partial charge in [-0.2, -0.15) is 0 Å². The van der Waals surface area contributed by atoms with E-state index in [1.165, 1.54) is 18.3 Å². The van der Waals surface area contributed by atoms with Crippen molar-refractivity contribution in [3.05, 3.63) is 40.3 Å². The standard InChI is InChI=1S/C15H17N3O3S/c1-10(19)16-11-4-3-5-12(6-11)17-14(20)7-13-9-22-15(18-13)8-21-2/h3-6,9H,7-8H2,1-2H3,(H,16,19)(H,17,20). The van der Waals surface area contributed by atoms with Crippen LogP contribution in [0.3, 0.4) is 0 Å². The summed E-state index contributed by atoms with van der Waals surface area (Å²) in [4.78, 5) is 27.4. The number of nitrogens with one attached hydrogen (secondary N) is 2. The van der Waals surface area contributed by atoms with Gasteiger partial charge in [0.15, 0.2) is 0 Å². The van der Waals surface area contributed by atoms with Crippen molar-refractivity contribution in [3.8, 4) is 0 Å². The summed E-state index contributed by atoms with van der Waals surface area (Å²) in [6.45, 7) is 1.89. The van der Waals surface area contributed by atoms with E-state index in [1.807, 2.05) is 5.38 Å². The molecule has 0 saturated carbocycles. The van der Waals surface area contributed by atoms with E-state index in [0.29, 0.717) is 23.7 Å². The van der Waals surface area contributed by atoms with Crippen LogP contribution in [-0.2, 0) is 27.4 Å². The quantitative estimate of drug-likeness (QED) is 0.857. The number of methoxy groups -OCH3 is 1. The second-order valence-corrected chi connectivity index (χ2v) is 5.60. The first-order valence-corrected chi connectivity index (χ1v) is 7.54. The molecule has 0 atom stereocenters. The fourth-order valence-corrected chi connectivity index (χ4v) is 2.63. The molecular weight excluding hydrogens is 302 g/mol. The van der Waals surface area contributed by atoms with E-state index >= 15 is 0 Å². The van der Waals surface area contributed by atoms with Crippen LogP contribution in [0.4, 0.5) is 11.4 Å². The Labute approximate surface area is 132 Å². The van der Waals surface area contributed by atoms with E-state index in [9.17, 15) is 9.59 Å². The minimum absolute atomic E-state index is 0.156. The molecule has 2 aromatic rings. The van der Waals surface area contributed by atoms with Gasteiger partial charge < -0.3 is 15.4 Å². The van der Waals surface area contributed by atoms with Gasteiger partial charge in [0.25, 0.3) is 0 Å². The Bertz CT molecular complexity index is 670. The Hall–Kier alpha value is -2.25. The zero-order chi connectivity index (χ0) is 15.9. The highest BCUT2D eigenvalue weighted by molar-refractivity contribution is 7.09. The van der Waals surface area contributed by atoms with E-state index in [1.54, 1.807) is 31.4 Å². The Morgan fingerprint density at radius 1 is 1.27 bits per heavy atom. The molecule has 0 aliphatic rings. The number of carbonyl (C=O) groups is 2. The van der Waals surface area contributed by atoms with Crippen molar-refractivity contribution in [2.24, 2.45) is 0 Å². The van der Waals surface area contributed by atoms with Crippen LogP contribution in [0.1, 0.15) is 17.6 Å². The molecule has 1 heterocycles. The maximum Gasteiger partial charge on any atom is 0.230 e. The molecule has 0 unspecified atom stereocenters. The molecule has 2 amide bonds. The number of aromatic nitrogens is 1. The number of benzene rings is 1. The Balaban J connectivity index is 1.94. The highest BCUT2D eigenvalue weighted by Gasteiger charge is 2.08. The summed E-state index contributed by atoms with van der Waals surface area (Å²) >= 11 is 1.47. The number of thiazole rings is 1. The molecule has 0 fully saturated rings. The minimum atomic E-state index is -0.158. The summed E-state index contributed by atoms with van der Waals surface area (Å²) < 4.78 is 5.00. The molecule has 1 aromatic carbocycles. The number of hydrogen-bond acceptors (Lipinski definition) is 5. The van der Waals surface area contributed by atoms with Crippen LogP contribution in [0.25, 0.3) is 0 Å². The normalized spacial score (nSPS) is 10.3. The average molecular weight is 319 g/mol. The van der Waals surface area contributed by atoms with Crippen molar-refractivity contribution >= 4 is 34.5 Å². The predicted molar refractivity (Wildman–Crippen MR) is 85.9 cm³/mol. The lowest BCUT2D eigenvalue weighted by atomic mass is 10.2. The van der Waals surface area contributed by atoms with Gasteiger partial charge in [0.1, 0.15) is 5.01 Å². The maximum atomic E-state index is 12.0. The van der Waals surface area contributed by atoms with E-state index in [2.05, 4.69) is 15.6 Å². The summed E-state index contributed by atoms with van der Waals surface area (Å²) in [6.07, 6.45) is 0.199. The molecule has 0 spiro atoms. The molecule has 0 bridgehead atoms. The fraction of sp³-hybridized carbons (Fsp3) is 0.267. The van der Waals surface area contributed by atoms with E-state index in [0.717, 1.165) is 5.01 Å². The summed E-state index contributed by atoms with van der Waals surface area (Å²) in [7, 11) is 1.61. The van der Waals surface area contributed by atoms with Gasteiger partial charge in [-0.05, 0) is 18.2 Å². The molecule has 7 heteroatoms. The van der Waals surface area contributed by atoms with E-state index in [4.69, 9.17) is 4.74 Å². The molecular formula is C15H17N3O3S. The molecule has 0 radical (unpaired) electrons. The molecule has 1 aromatic heterocycles. The number of carbonyl (C=O) groups excluding carboxylic acids is 2. The van der Waals surface area contributed by atoms with Gasteiger partial charge in [-0.25, -0.2) is 4.98 Å². The number of amides is 2. The lowest BCUT2D eigenvalue weighted by Gasteiger charge is -2.07. The van der Waals surface area contributed by atoms with Crippen LogP contribution in [0.2, 0.25) is 0 Å². The van der Waals surface area contributed by atoms with Crippen molar-refractivity contribution in [1.82, 2.24) is 4.98 Å². The summed E-state index contributed by atoms with van der Waals surface area (Å²) in [6, 6.07) is 6.99. The van der Waals surface area contributed by atoms with Crippen molar-refractivity contribution < 1.29 is 14.3 Å².